The number of nitrogens with zero attached hydrogens (tertiary/aromatic N) is 2. The number of rotatable bonds is 2. The predicted molar refractivity (Wildman–Crippen MR) is 116 cm³/mol. The van der Waals surface area contributed by atoms with Crippen molar-refractivity contribution in [3.8, 4) is 0 Å². The predicted octanol–water partition coefficient (Wildman–Crippen LogP) is 5.55. The highest BCUT2D eigenvalue weighted by Gasteiger charge is 2.41. The van der Waals surface area contributed by atoms with Crippen LogP contribution in [-0.4, -0.2) is 29.6 Å². The summed E-state index contributed by atoms with van der Waals surface area (Å²) >= 11 is 0. The largest absolute Gasteiger partial charge is 0.335 e. The average molecular weight is 385 g/mol. The van der Waals surface area contributed by atoms with Crippen LogP contribution in [0.15, 0.2) is 41.4 Å². The van der Waals surface area contributed by atoms with Crippen LogP contribution in [0.1, 0.15) is 83.0 Å². The maximum absolute atomic E-state index is 13.4. The molecule has 1 amide bonds. The molecule has 0 aromatic heterocycles. The number of hydrogen-bond donors (Lipinski definition) is 0. The van der Waals surface area contributed by atoms with E-state index < -0.39 is 0 Å². The zero-order valence-electron chi connectivity index (χ0n) is 16.9. The van der Waals surface area contributed by atoms with Gasteiger partial charge in [-0.2, -0.15) is 0 Å². The molecular formula is C26H28N2O. The Morgan fingerprint density at radius 1 is 0.966 bits per heavy atom. The highest BCUT2D eigenvalue weighted by Crippen LogP contribution is 2.45. The summed E-state index contributed by atoms with van der Waals surface area (Å²) < 4.78 is 0. The molecule has 2 aliphatic carbocycles. The Bertz CT molecular complexity index is 1000. The molecule has 0 spiro atoms. The van der Waals surface area contributed by atoms with Crippen LogP contribution in [0.2, 0.25) is 0 Å². The van der Waals surface area contributed by atoms with Crippen LogP contribution in [0.3, 0.4) is 0 Å². The number of hydrogen-bond acceptors (Lipinski definition) is 2. The summed E-state index contributed by atoms with van der Waals surface area (Å²) in [6.07, 6.45) is 11.6. The maximum atomic E-state index is 13.4. The Kier molecular flexibility index (Phi) is 4.11. The van der Waals surface area contributed by atoms with Gasteiger partial charge >= 0.3 is 0 Å². The number of carbonyl (C=O) groups is 1. The first-order valence-electron chi connectivity index (χ1n) is 11.4. The lowest BCUT2D eigenvalue weighted by Gasteiger charge is -2.38. The highest BCUT2D eigenvalue weighted by atomic mass is 16.2. The summed E-state index contributed by atoms with van der Waals surface area (Å²) in [4.78, 5) is 20.1. The Hall–Kier alpha value is -2.42. The molecule has 2 fully saturated rings. The molecule has 0 radical (unpaired) electrons. The van der Waals surface area contributed by atoms with Gasteiger partial charge in [-0.3, -0.25) is 9.79 Å². The van der Waals surface area contributed by atoms with Crippen molar-refractivity contribution < 1.29 is 4.79 Å². The van der Waals surface area contributed by atoms with Gasteiger partial charge in [-0.15, -0.1) is 0 Å². The van der Waals surface area contributed by atoms with E-state index in [2.05, 4.69) is 34.2 Å². The van der Waals surface area contributed by atoms with Crippen molar-refractivity contribution in [1.82, 2.24) is 4.90 Å². The van der Waals surface area contributed by atoms with Crippen LogP contribution in [-0.2, 0) is 12.8 Å². The van der Waals surface area contributed by atoms with Gasteiger partial charge in [-0.25, -0.2) is 0 Å². The van der Waals surface area contributed by atoms with Crippen LogP contribution in [0, 0.1) is 0 Å². The third kappa shape index (κ3) is 2.86. The number of aliphatic imine (C=N–C) groups is 1. The number of fused-ring (bicyclic) bond motifs is 4. The van der Waals surface area contributed by atoms with Crippen LogP contribution >= 0.6 is 0 Å². The van der Waals surface area contributed by atoms with Gasteiger partial charge in [-0.1, -0.05) is 37.1 Å². The minimum atomic E-state index is 0.188. The fourth-order valence-electron chi connectivity index (χ4n) is 6.21. The zero-order chi connectivity index (χ0) is 19.4. The Balaban J connectivity index is 1.28. The molecule has 2 aromatic carbocycles. The van der Waals surface area contributed by atoms with Crippen molar-refractivity contribution in [3.05, 3.63) is 64.2 Å². The van der Waals surface area contributed by atoms with E-state index in [0.29, 0.717) is 12.0 Å². The summed E-state index contributed by atoms with van der Waals surface area (Å²) in [5.74, 6) is 1.46. The van der Waals surface area contributed by atoms with E-state index in [1.807, 2.05) is 18.3 Å². The third-order valence-corrected chi connectivity index (χ3v) is 7.74. The van der Waals surface area contributed by atoms with E-state index in [1.165, 1.54) is 48.8 Å². The van der Waals surface area contributed by atoms with Gasteiger partial charge in [0.15, 0.2) is 0 Å². The molecule has 3 heteroatoms. The normalized spacial score (nSPS) is 25.2. The molecule has 2 aromatic rings. The highest BCUT2D eigenvalue weighted by molar-refractivity contribution is 5.96. The van der Waals surface area contributed by atoms with Crippen molar-refractivity contribution in [2.24, 2.45) is 4.99 Å². The molecule has 2 atom stereocenters. The van der Waals surface area contributed by atoms with Gasteiger partial charge in [0.25, 0.3) is 5.91 Å². The van der Waals surface area contributed by atoms with E-state index in [4.69, 9.17) is 0 Å². The smallest absolute Gasteiger partial charge is 0.254 e. The van der Waals surface area contributed by atoms with Crippen LogP contribution in [0.5, 0.6) is 0 Å². The lowest BCUT2D eigenvalue weighted by Crippen LogP contribution is -2.46. The first kappa shape index (κ1) is 17.4. The van der Waals surface area contributed by atoms with E-state index >= 15 is 0 Å². The second-order valence-corrected chi connectivity index (χ2v) is 9.32. The fourth-order valence-corrected chi connectivity index (χ4v) is 6.21. The number of amides is 1. The average Bonchev–Trinajstić information content (AvgIpc) is 3.51. The van der Waals surface area contributed by atoms with Crippen LogP contribution in [0.25, 0.3) is 0 Å². The molecule has 0 unspecified atom stereocenters. The Morgan fingerprint density at radius 2 is 1.83 bits per heavy atom. The SMILES string of the molecule is O=C(c1ccc2c(c1)N=CC2)N1CCC[C@@H]2c3cc(C4CCCC4)ccc3C[C@@H]21. The van der Waals surface area contributed by atoms with E-state index in [-0.39, 0.29) is 5.91 Å². The minimum Gasteiger partial charge on any atom is -0.335 e. The molecular weight excluding hydrogens is 356 g/mol. The quantitative estimate of drug-likeness (QED) is 0.668. The number of benzene rings is 2. The van der Waals surface area contributed by atoms with Crippen molar-refractivity contribution in [2.45, 2.75) is 69.2 Å². The topological polar surface area (TPSA) is 32.7 Å². The standard InChI is InChI=1S/C26H28N2O/c29-26(21-10-7-18-11-12-27-24(18)15-21)28-13-3-6-22-23-14-19(17-4-1-2-5-17)8-9-20(23)16-25(22)28/h7-10,12,14-15,17,22,25H,1-6,11,13,16H2/t22-,25+/m1/s1. The summed E-state index contributed by atoms with van der Waals surface area (Å²) in [5.41, 5.74) is 7.55. The second kappa shape index (κ2) is 6.83. The van der Waals surface area contributed by atoms with Gasteiger partial charge in [0.2, 0.25) is 0 Å². The van der Waals surface area contributed by atoms with Crippen LogP contribution in [0.4, 0.5) is 5.69 Å². The van der Waals surface area contributed by atoms with Crippen molar-refractivity contribution in [3.63, 3.8) is 0 Å². The first-order chi connectivity index (χ1) is 14.3. The Morgan fingerprint density at radius 3 is 2.72 bits per heavy atom. The summed E-state index contributed by atoms with van der Waals surface area (Å²) in [7, 11) is 0. The molecule has 4 aliphatic rings. The van der Waals surface area contributed by atoms with Gasteiger partial charge in [-0.05, 0) is 72.4 Å². The summed E-state index contributed by atoms with van der Waals surface area (Å²) in [5, 5.41) is 0. The fraction of sp³-hybridized carbons (Fsp3) is 0.462. The molecule has 0 N–H and O–H groups in total. The van der Waals surface area contributed by atoms with Crippen molar-refractivity contribution in [2.75, 3.05) is 6.54 Å². The molecule has 148 valence electrons. The lowest BCUT2D eigenvalue weighted by molar-refractivity contribution is 0.0595. The molecule has 1 saturated carbocycles. The summed E-state index contributed by atoms with van der Waals surface area (Å²) in [6.45, 7) is 0.879. The maximum Gasteiger partial charge on any atom is 0.254 e. The summed E-state index contributed by atoms with van der Waals surface area (Å²) in [6, 6.07) is 13.6. The van der Waals surface area contributed by atoms with Crippen molar-refractivity contribution >= 4 is 17.8 Å². The van der Waals surface area contributed by atoms with Crippen molar-refractivity contribution in [1.29, 1.82) is 0 Å². The zero-order valence-corrected chi connectivity index (χ0v) is 16.9. The monoisotopic (exact) mass is 384 g/mol. The lowest BCUT2D eigenvalue weighted by atomic mass is 9.86. The molecule has 2 aliphatic heterocycles. The molecule has 6 rings (SSSR count). The van der Waals surface area contributed by atoms with E-state index in [1.54, 1.807) is 5.56 Å². The molecule has 2 heterocycles. The van der Waals surface area contributed by atoms with Gasteiger partial charge in [0.05, 0.1) is 5.69 Å². The van der Waals surface area contributed by atoms with E-state index in [0.717, 1.165) is 43.0 Å². The number of carbonyl (C=O) groups excluding carboxylic acids is 1. The molecule has 3 nitrogen and oxygen atoms in total. The molecule has 29 heavy (non-hydrogen) atoms. The second-order valence-electron chi connectivity index (χ2n) is 9.32. The van der Waals surface area contributed by atoms with Gasteiger partial charge in [0, 0.05) is 36.7 Å². The van der Waals surface area contributed by atoms with Gasteiger partial charge in [0.1, 0.15) is 0 Å². The molecule has 1 saturated heterocycles. The third-order valence-electron chi connectivity index (χ3n) is 7.74. The minimum absolute atomic E-state index is 0.188. The molecule has 0 bridgehead atoms. The number of likely N-dealkylation sites (tertiary alicyclic amines) is 1. The Labute approximate surface area is 172 Å². The van der Waals surface area contributed by atoms with E-state index in [9.17, 15) is 4.79 Å². The van der Waals surface area contributed by atoms with Gasteiger partial charge < -0.3 is 4.90 Å². The number of piperidine rings is 1. The van der Waals surface area contributed by atoms with Crippen LogP contribution < -0.4 is 0 Å². The first-order valence-corrected chi connectivity index (χ1v) is 11.4.